The first-order valence-corrected chi connectivity index (χ1v) is 12.4. The van der Waals surface area contributed by atoms with E-state index < -0.39 is 5.97 Å². The number of carbonyl (C=O) groups excluding carboxylic acids is 1. The van der Waals surface area contributed by atoms with Crippen LogP contribution in [0, 0.1) is 5.41 Å². The largest absolute Gasteiger partial charge is 0.481 e. The molecule has 1 saturated heterocycles. The number of para-hydroxylation sites is 1. The molecule has 5 rings (SSSR count). The molecule has 6 nitrogen and oxygen atoms in total. The van der Waals surface area contributed by atoms with Crippen LogP contribution in [0.3, 0.4) is 0 Å². The smallest absolute Gasteiger partial charge is 0.354 e. The molecule has 1 N–H and O–H groups in total. The molecule has 6 heteroatoms. The number of rotatable bonds is 6. The van der Waals surface area contributed by atoms with Crippen LogP contribution in [-0.2, 0) is 20.7 Å². The summed E-state index contributed by atoms with van der Waals surface area (Å²) in [5.41, 5.74) is 4.67. The number of carboxylic acids is 1. The number of benzene rings is 1. The van der Waals surface area contributed by atoms with Gasteiger partial charge in [0, 0.05) is 29.5 Å². The second kappa shape index (κ2) is 9.72. The van der Waals surface area contributed by atoms with Gasteiger partial charge in [0.1, 0.15) is 5.70 Å². The molecule has 0 radical (unpaired) electrons. The number of aliphatic carboxylic acids is 1. The zero-order valence-electron chi connectivity index (χ0n) is 20.1. The summed E-state index contributed by atoms with van der Waals surface area (Å²) < 4.78 is 7.38. The van der Waals surface area contributed by atoms with E-state index in [1.54, 1.807) is 0 Å². The van der Waals surface area contributed by atoms with Crippen molar-refractivity contribution in [2.75, 3.05) is 20.2 Å². The minimum Gasteiger partial charge on any atom is -0.481 e. The van der Waals surface area contributed by atoms with Crippen molar-refractivity contribution < 1.29 is 19.4 Å². The Morgan fingerprint density at radius 3 is 2.67 bits per heavy atom. The highest BCUT2D eigenvalue weighted by Crippen LogP contribution is 2.57. The monoisotopic (exact) mass is 452 g/mol. The number of piperidine rings is 1. The topological polar surface area (TPSA) is 71.8 Å². The lowest BCUT2D eigenvalue weighted by atomic mass is 9.66. The fourth-order valence-corrected chi connectivity index (χ4v) is 6.06. The number of carboxylic acid groups (broad SMARTS) is 1. The molecule has 1 aromatic heterocycles. The molecule has 3 aliphatic rings. The summed E-state index contributed by atoms with van der Waals surface area (Å²) in [5, 5.41) is 9.44. The van der Waals surface area contributed by atoms with Crippen molar-refractivity contribution in [1.29, 1.82) is 0 Å². The Morgan fingerprint density at radius 2 is 1.97 bits per heavy atom. The van der Waals surface area contributed by atoms with E-state index in [-0.39, 0.29) is 11.4 Å². The van der Waals surface area contributed by atoms with Crippen LogP contribution < -0.4 is 0 Å². The van der Waals surface area contributed by atoms with Gasteiger partial charge in [-0.25, -0.2) is 4.79 Å². The van der Waals surface area contributed by atoms with Gasteiger partial charge in [0.15, 0.2) is 0 Å². The summed E-state index contributed by atoms with van der Waals surface area (Å²) in [4.78, 5) is 25.2. The van der Waals surface area contributed by atoms with Crippen molar-refractivity contribution >= 4 is 28.5 Å². The van der Waals surface area contributed by atoms with Crippen molar-refractivity contribution in [3.05, 3.63) is 41.6 Å². The average Bonchev–Trinajstić information content (AvgIpc) is 3.18. The van der Waals surface area contributed by atoms with E-state index in [1.807, 2.05) is 0 Å². The standard InChI is InChI=1S/C21H24N2O2.C6H12O2/c1-3-21-10-6-11-22-12-9-15-14-7-4-5-8-16(14)23(18(15)19(21)22)17(13-21)20(24)25-2;1-2-3-4-5-6(7)8/h4-5,7-8,13,19H,3,6,9-12H2,1-2H3;2-5H2,1H3,(H,7,8)/t19-,21+;/m1./s1. The first kappa shape index (κ1) is 23.6. The summed E-state index contributed by atoms with van der Waals surface area (Å²) in [5.74, 6) is -0.907. The zero-order chi connectivity index (χ0) is 23.6. The quantitative estimate of drug-likeness (QED) is 0.469. The molecule has 33 heavy (non-hydrogen) atoms. The highest BCUT2D eigenvalue weighted by atomic mass is 16.5. The van der Waals surface area contributed by atoms with Gasteiger partial charge in [-0.05, 0) is 56.4 Å². The van der Waals surface area contributed by atoms with E-state index in [0.29, 0.717) is 18.2 Å². The lowest BCUT2D eigenvalue weighted by molar-refractivity contribution is -0.137. The third-order valence-corrected chi connectivity index (χ3v) is 7.64. The number of unbranched alkanes of at least 4 members (excludes halogenated alkanes) is 2. The van der Waals surface area contributed by atoms with Crippen LogP contribution in [0.25, 0.3) is 16.6 Å². The Kier molecular flexibility index (Phi) is 6.94. The van der Waals surface area contributed by atoms with Crippen LogP contribution in [0.1, 0.15) is 76.1 Å². The highest BCUT2D eigenvalue weighted by Gasteiger charge is 2.51. The minimum absolute atomic E-state index is 0.0430. The van der Waals surface area contributed by atoms with E-state index in [0.717, 1.165) is 57.1 Å². The lowest BCUT2D eigenvalue weighted by Crippen LogP contribution is -2.51. The van der Waals surface area contributed by atoms with E-state index in [9.17, 15) is 9.59 Å². The molecule has 1 aromatic carbocycles. The summed E-state index contributed by atoms with van der Waals surface area (Å²) in [6.45, 7) is 6.60. The van der Waals surface area contributed by atoms with Crippen LogP contribution >= 0.6 is 0 Å². The molecule has 0 bridgehead atoms. The van der Waals surface area contributed by atoms with Crippen molar-refractivity contribution in [3.8, 4) is 0 Å². The van der Waals surface area contributed by atoms with Gasteiger partial charge < -0.3 is 14.4 Å². The molecule has 178 valence electrons. The molecule has 0 aliphatic carbocycles. The van der Waals surface area contributed by atoms with Crippen molar-refractivity contribution in [2.45, 2.75) is 71.3 Å². The molecular formula is C27H36N2O4. The molecule has 0 amide bonds. The van der Waals surface area contributed by atoms with Crippen LogP contribution in [-0.4, -0.2) is 46.7 Å². The van der Waals surface area contributed by atoms with E-state index >= 15 is 0 Å². The molecule has 3 aliphatic heterocycles. The maximum Gasteiger partial charge on any atom is 0.354 e. The number of aromatic nitrogens is 1. The minimum atomic E-state index is -0.682. The maximum absolute atomic E-state index is 12.7. The number of hydrogen-bond acceptors (Lipinski definition) is 4. The van der Waals surface area contributed by atoms with Gasteiger partial charge in [-0.3, -0.25) is 9.69 Å². The summed E-state index contributed by atoms with van der Waals surface area (Å²) >= 11 is 0. The molecular weight excluding hydrogens is 416 g/mol. The molecule has 4 heterocycles. The Labute approximate surface area is 196 Å². The molecule has 0 spiro atoms. The maximum atomic E-state index is 12.7. The number of methoxy groups -OCH3 is 1. The van der Waals surface area contributed by atoms with E-state index in [1.165, 1.54) is 30.2 Å². The number of nitrogens with zero attached hydrogens (tertiary/aromatic N) is 2. The van der Waals surface area contributed by atoms with Crippen molar-refractivity contribution in [1.82, 2.24) is 9.47 Å². The van der Waals surface area contributed by atoms with Gasteiger partial charge in [-0.1, -0.05) is 44.9 Å². The number of hydrogen-bond donors (Lipinski definition) is 1. The van der Waals surface area contributed by atoms with Gasteiger partial charge in [0.2, 0.25) is 0 Å². The fraction of sp³-hybridized carbons (Fsp3) is 0.556. The molecule has 0 unspecified atom stereocenters. The van der Waals surface area contributed by atoms with Crippen LogP contribution in [0.15, 0.2) is 30.3 Å². The Hall–Kier alpha value is -2.60. The zero-order valence-corrected chi connectivity index (χ0v) is 20.1. The summed E-state index contributed by atoms with van der Waals surface area (Å²) in [6.07, 6.45) is 9.98. The van der Waals surface area contributed by atoms with Gasteiger partial charge in [0.25, 0.3) is 0 Å². The van der Waals surface area contributed by atoms with Gasteiger partial charge >= 0.3 is 11.9 Å². The third kappa shape index (κ3) is 4.10. The molecule has 2 atom stereocenters. The average molecular weight is 453 g/mol. The predicted octanol–water partition coefficient (Wildman–Crippen LogP) is 5.41. The van der Waals surface area contributed by atoms with Crippen LogP contribution in [0.2, 0.25) is 0 Å². The van der Waals surface area contributed by atoms with Crippen molar-refractivity contribution in [2.24, 2.45) is 5.41 Å². The first-order chi connectivity index (χ1) is 16.0. The SMILES string of the molecule is CCCCCC(=O)O.CC[C@@]12C=C(C(=O)OC)n3c4c(c5ccccc53)CCN(CCC1)[C@H]42. The van der Waals surface area contributed by atoms with E-state index in [2.05, 4.69) is 53.7 Å². The first-order valence-electron chi connectivity index (χ1n) is 12.4. The Morgan fingerprint density at radius 1 is 1.18 bits per heavy atom. The predicted molar refractivity (Wildman–Crippen MR) is 130 cm³/mol. The van der Waals surface area contributed by atoms with Crippen LogP contribution in [0.5, 0.6) is 0 Å². The number of esters is 1. The Balaban J connectivity index is 0.000000281. The Bertz CT molecular complexity index is 1070. The lowest BCUT2D eigenvalue weighted by Gasteiger charge is -2.53. The van der Waals surface area contributed by atoms with Gasteiger partial charge in [0.05, 0.1) is 18.7 Å². The number of ether oxygens (including phenoxy) is 1. The third-order valence-electron chi connectivity index (χ3n) is 7.64. The molecule has 2 aromatic rings. The van der Waals surface area contributed by atoms with Gasteiger partial charge in [-0.15, -0.1) is 0 Å². The second-order valence-corrected chi connectivity index (χ2v) is 9.47. The molecule has 0 saturated carbocycles. The van der Waals surface area contributed by atoms with Crippen molar-refractivity contribution in [3.63, 3.8) is 0 Å². The highest BCUT2D eigenvalue weighted by molar-refractivity contribution is 6.13. The normalized spacial score (nSPS) is 23.2. The number of carbonyl (C=O) groups is 2. The second-order valence-electron chi connectivity index (χ2n) is 9.47. The summed E-state index contributed by atoms with van der Waals surface area (Å²) in [6, 6.07) is 8.89. The van der Waals surface area contributed by atoms with E-state index in [4.69, 9.17) is 9.84 Å². The van der Waals surface area contributed by atoms with Crippen LogP contribution in [0.4, 0.5) is 0 Å². The fourth-order valence-electron chi connectivity index (χ4n) is 6.06. The van der Waals surface area contributed by atoms with Gasteiger partial charge in [-0.2, -0.15) is 0 Å². The number of fused-ring (bicyclic) bond motifs is 3. The molecule has 1 fully saturated rings. The summed E-state index contributed by atoms with van der Waals surface area (Å²) in [7, 11) is 1.49.